The van der Waals surface area contributed by atoms with Gasteiger partial charge in [0.1, 0.15) is 0 Å². The zero-order valence-electron chi connectivity index (χ0n) is 9.08. The van der Waals surface area contributed by atoms with Gasteiger partial charge >= 0.3 is 0 Å². The highest BCUT2D eigenvalue weighted by Crippen LogP contribution is 2.23. The lowest BCUT2D eigenvalue weighted by Gasteiger charge is -2.26. The van der Waals surface area contributed by atoms with Gasteiger partial charge in [-0.25, -0.2) is 0 Å². The first-order chi connectivity index (χ1) is 6.70. The second-order valence-corrected chi connectivity index (χ2v) is 3.98. The highest BCUT2D eigenvalue weighted by atomic mass is 16.3. The summed E-state index contributed by atoms with van der Waals surface area (Å²) in [5, 5.41) is 17.1. The minimum atomic E-state index is -0.546. The Labute approximate surface area is 85.5 Å². The number of H-pyrrole nitrogens is 1. The lowest BCUT2D eigenvalue weighted by molar-refractivity contribution is 0.0207. The molecule has 0 radical (unpaired) electrons. The van der Waals surface area contributed by atoms with Gasteiger partial charge in [-0.1, -0.05) is 26.7 Å². The van der Waals surface area contributed by atoms with Crippen LogP contribution in [0.15, 0.2) is 12.3 Å². The Morgan fingerprint density at radius 3 is 2.43 bits per heavy atom. The molecule has 1 aromatic rings. The van der Waals surface area contributed by atoms with E-state index in [9.17, 15) is 5.11 Å². The van der Waals surface area contributed by atoms with Gasteiger partial charge in [0.25, 0.3) is 0 Å². The molecule has 0 aliphatic heterocycles. The Morgan fingerprint density at radius 1 is 1.36 bits per heavy atom. The van der Waals surface area contributed by atoms with E-state index in [0.29, 0.717) is 6.42 Å². The van der Waals surface area contributed by atoms with E-state index in [4.69, 9.17) is 0 Å². The Kier molecular flexibility index (Phi) is 4.14. The third-order valence-electron chi connectivity index (χ3n) is 2.51. The van der Waals surface area contributed by atoms with Gasteiger partial charge in [-0.05, 0) is 18.9 Å². The third kappa shape index (κ3) is 3.14. The van der Waals surface area contributed by atoms with Crippen molar-refractivity contribution in [1.82, 2.24) is 10.2 Å². The van der Waals surface area contributed by atoms with Crippen molar-refractivity contribution < 1.29 is 5.11 Å². The van der Waals surface area contributed by atoms with E-state index in [2.05, 4.69) is 24.0 Å². The second-order valence-electron chi connectivity index (χ2n) is 3.98. The van der Waals surface area contributed by atoms with Gasteiger partial charge in [0.05, 0.1) is 5.60 Å². The summed E-state index contributed by atoms with van der Waals surface area (Å²) in [5.74, 6) is 0. The highest BCUT2D eigenvalue weighted by Gasteiger charge is 2.25. The first kappa shape index (κ1) is 11.2. The molecule has 3 heteroatoms. The Balaban J connectivity index is 2.58. The summed E-state index contributed by atoms with van der Waals surface area (Å²) < 4.78 is 0. The van der Waals surface area contributed by atoms with E-state index >= 15 is 0 Å². The number of rotatable bonds is 6. The van der Waals surface area contributed by atoms with Crippen LogP contribution in [-0.2, 0) is 6.42 Å². The molecule has 0 saturated heterocycles. The average molecular weight is 196 g/mol. The van der Waals surface area contributed by atoms with Crippen LogP contribution < -0.4 is 0 Å². The molecule has 0 fully saturated rings. The van der Waals surface area contributed by atoms with Crippen molar-refractivity contribution in [3.63, 3.8) is 0 Å². The van der Waals surface area contributed by atoms with E-state index in [1.165, 1.54) is 0 Å². The van der Waals surface area contributed by atoms with E-state index in [0.717, 1.165) is 31.4 Å². The smallest absolute Gasteiger partial charge is 0.0702 e. The van der Waals surface area contributed by atoms with Gasteiger partial charge in [0, 0.05) is 18.3 Å². The summed E-state index contributed by atoms with van der Waals surface area (Å²) in [7, 11) is 0. The predicted molar refractivity (Wildman–Crippen MR) is 57.1 cm³/mol. The highest BCUT2D eigenvalue weighted by molar-refractivity contribution is 5.02. The van der Waals surface area contributed by atoms with Crippen LogP contribution in [0.5, 0.6) is 0 Å². The summed E-state index contributed by atoms with van der Waals surface area (Å²) in [5.41, 5.74) is 0.477. The first-order valence-electron chi connectivity index (χ1n) is 5.41. The molecule has 80 valence electrons. The van der Waals surface area contributed by atoms with Crippen molar-refractivity contribution in [2.75, 3.05) is 0 Å². The summed E-state index contributed by atoms with van der Waals surface area (Å²) >= 11 is 0. The van der Waals surface area contributed by atoms with Crippen LogP contribution in [0.1, 0.15) is 45.2 Å². The van der Waals surface area contributed by atoms with E-state index < -0.39 is 5.60 Å². The molecule has 0 atom stereocenters. The fourth-order valence-electron chi connectivity index (χ4n) is 1.97. The van der Waals surface area contributed by atoms with E-state index in [1.54, 1.807) is 6.20 Å². The number of aromatic amines is 1. The van der Waals surface area contributed by atoms with E-state index in [-0.39, 0.29) is 0 Å². The first-order valence-corrected chi connectivity index (χ1v) is 5.41. The fourth-order valence-corrected chi connectivity index (χ4v) is 1.97. The zero-order valence-corrected chi connectivity index (χ0v) is 9.08. The largest absolute Gasteiger partial charge is 0.389 e. The number of hydrogen-bond acceptors (Lipinski definition) is 2. The maximum Gasteiger partial charge on any atom is 0.0702 e. The Morgan fingerprint density at radius 2 is 2.00 bits per heavy atom. The van der Waals surface area contributed by atoms with Gasteiger partial charge in [0.15, 0.2) is 0 Å². The fraction of sp³-hybridized carbons (Fsp3) is 0.727. The van der Waals surface area contributed by atoms with Crippen LogP contribution in [-0.4, -0.2) is 20.9 Å². The molecule has 0 saturated carbocycles. The molecule has 0 unspecified atom stereocenters. The normalized spacial score (nSPS) is 11.9. The topological polar surface area (TPSA) is 48.9 Å². The summed E-state index contributed by atoms with van der Waals surface area (Å²) in [6.45, 7) is 4.21. The number of nitrogens with zero attached hydrogens (tertiary/aromatic N) is 1. The molecule has 0 aromatic carbocycles. The van der Waals surface area contributed by atoms with E-state index in [1.807, 2.05) is 6.07 Å². The molecule has 3 nitrogen and oxygen atoms in total. The van der Waals surface area contributed by atoms with Crippen molar-refractivity contribution >= 4 is 0 Å². The SMILES string of the molecule is CCCC(O)(CCC)Cc1ccn[nH]1. The summed E-state index contributed by atoms with van der Waals surface area (Å²) in [6, 6.07) is 1.93. The number of aliphatic hydroxyl groups is 1. The van der Waals surface area contributed by atoms with Crippen molar-refractivity contribution in [2.45, 2.75) is 51.6 Å². The lowest BCUT2D eigenvalue weighted by Crippen LogP contribution is -2.31. The number of aromatic nitrogens is 2. The van der Waals surface area contributed by atoms with Crippen LogP contribution in [0.2, 0.25) is 0 Å². The molecule has 1 aromatic heterocycles. The third-order valence-corrected chi connectivity index (χ3v) is 2.51. The molecular weight excluding hydrogens is 176 g/mol. The molecule has 0 aliphatic carbocycles. The van der Waals surface area contributed by atoms with Crippen molar-refractivity contribution in [2.24, 2.45) is 0 Å². The zero-order chi connectivity index (χ0) is 10.4. The monoisotopic (exact) mass is 196 g/mol. The minimum absolute atomic E-state index is 0.546. The predicted octanol–water partition coefficient (Wildman–Crippen LogP) is 2.28. The Bertz CT molecular complexity index is 238. The molecule has 1 rings (SSSR count). The van der Waals surface area contributed by atoms with Crippen molar-refractivity contribution in [1.29, 1.82) is 0 Å². The standard InChI is InChI=1S/C11H20N2O/c1-3-6-11(14,7-4-2)9-10-5-8-12-13-10/h5,8,14H,3-4,6-7,9H2,1-2H3,(H,12,13). The second kappa shape index (κ2) is 5.15. The van der Waals surface area contributed by atoms with Gasteiger partial charge < -0.3 is 5.11 Å². The van der Waals surface area contributed by atoms with Crippen LogP contribution in [0, 0.1) is 0 Å². The number of hydrogen-bond donors (Lipinski definition) is 2. The molecule has 0 aliphatic rings. The molecule has 14 heavy (non-hydrogen) atoms. The van der Waals surface area contributed by atoms with Gasteiger partial charge in [-0.15, -0.1) is 0 Å². The molecule has 0 bridgehead atoms. The molecular formula is C11H20N2O. The molecule has 2 N–H and O–H groups in total. The van der Waals surface area contributed by atoms with Crippen LogP contribution in [0.25, 0.3) is 0 Å². The molecule has 1 heterocycles. The Hall–Kier alpha value is -0.830. The van der Waals surface area contributed by atoms with Crippen LogP contribution in [0.4, 0.5) is 0 Å². The summed E-state index contributed by atoms with van der Waals surface area (Å²) in [4.78, 5) is 0. The summed E-state index contributed by atoms with van der Waals surface area (Å²) in [6.07, 6.45) is 6.18. The quantitative estimate of drug-likeness (QED) is 0.733. The maximum atomic E-state index is 10.3. The van der Waals surface area contributed by atoms with Crippen molar-refractivity contribution in [3.8, 4) is 0 Å². The van der Waals surface area contributed by atoms with Crippen LogP contribution >= 0.6 is 0 Å². The minimum Gasteiger partial charge on any atom is -0.389 e. The molecule has 0 amide bonds. The maximum absolute atomic E-state index is 10.3. The average Bonchev–Trinajstić information content (AvgIpc) is 2.57. The lowest BCUT2D eigenvalue weighted by atomic mass is 9.88. The van der Waals surface area contributed by atoms with Gasteiger partial charge in [0.2, 0.25) is 0 Å². The van der Waals surface area contributed by atoms with Gasteiger partial charge in [-0.3, -0.25) is 5.10 Å². The van der Waals surface area contributed by atoms with Crippen molar-refractivity contribution in [3.05, 3.63) is 18.0 Å². The van der Waals surface area contributed by atoms with Crippen LogP contribution in [0.3, 0.4) is 0 Å². The number of nitrogens with one attached hydrogen (secondary N) is 1. The van der Waals surface area contributed by atoms with Gasteiger partial charge in [-0.2, -0.15) is 5.10 Å². The molecule has 0 spiro atoms.